The van der Waals surface area contributed by atoms with Gasteiger partial charge in [-0.1, -0.05) is 30.3 Å². The lowest BCUT2D eigenvalue weighted by Gasteiger charge is -2.24. The van der Waals surface area contributed by atoms with Crippen molar-refractivity contribution in [3.63, 3.8) is 0 Å². The van der Waals surface area contributed by atoms with Gasteiger partial charge in [0.2, 0.25) is 11.8 Å². The van der Waals surface area contributed by atoms with E-state index in [4.69, 9.17) is 0 Å². The van der Waals surface area contributed by atoms with Crippen molar-refractivity contribution in [3.05, 3.63) is 71.0 Å². The molecule has 0 aliphatic carbocycles. The Morgan fingerprint density at radius 1 is 1.21 bits per heavy atom. The minimum absolute atomic E-state index is 0.0201. The summed E-state index contributed by atoms with van der Waals surface area (Å²) in [6.07, 6.45) is 4.96. The van der Waals surface area contributed by atoms with E-state index in [9.17, 15) is 9.59 Å². The van der Waals surface area contributed by atoms with Gasteiger partial charge in [0.1, 0.15) is 0 Å². The molecule has 1 unspecified atom stereocenters. The molecule has 0 radical (unpaired) electrons. The highest BCUT2D eigenvalue weighted by atomic mass is 79.9. The number of carbonyl (C=O) groups is 2. The Morgan fingerprint density at radius 2 is 2.00 bits per heavy atom. The number of rotatable bonds is 5. The van der Waals surface area contributed by atoms with Crippen LogP contribution in [0.3, 0.4) is 0 Å². The SMILES string of the molecule is O=C(CCC1Cc2ccccc2NC1=O)Nc1ccccc1-n1cc(Br)cn1. The van der Waals surface area contributed by atoms with Crippen LogP contribution in [-0.2, 0) is 16.0 Å². The zero-order valence-electron chi connectivity index (χ0n) is 15.1. The van der Waals surface area contributed by atoms with Crippen molar-refractivity contribution >= 4 is 39.1 Å². The van der Waals surface area contributed by atoms with Gasteiger partial charge in [0.05, 0.1) is 22.0 Å². The Labute approximate surface area is 171 Å². The van der Waals surface area contributed by atoms with Crippen LogP contribution in [0.4, 0.5) is 11.4 Å². The van der Waals surface area contributed by atoms with Gasteiger partial charge in [-0.2, -0.15) is 5.10 Å². The normalized spacial score (nSPS) is 15.6. The van der Waals surface area contributed by atoms with Crippen LogP contribution in [0.2, 0.25) is 0 Å². The summed E-state index contributed by atoms with van der Waals surface area (Å²) in [4.78, 5) is 24.8. The van der Waals surface area contributed by atoms with Crippen LogP contribution in [0.25, 0.3) is 5.69 Å². The minimum Gasteiger partial charge on any atom is -0.326 e. The monoisotopic (exact) mass is 438 g/mol. The fourth-order valence-corrected chi connectivity index (χ4v) is 3.66. The molecule has 1 aliphatic rings. The van der Waals surface area contributed by atoms with E-state index in [0.717, 1.165) is 21.4 Å². The van der Waals surface area contributed by atoms with Gasteiger partial charge in [0.15, 0.2) is 0 Å². The highest BCUT2D eigenvalue weighted by Gasteiger charge is 2.26. The van der Waals surface area contributed by atoms with E-state index in [1.54, 1.807) is 10.9 Å². The molecule has 3 aromatic rings. The number of nitrogens with one attached hydrogen (secondary N) is 2. The molecule has 28 heavy (non-hydrogen) atoms. The Hall–Kier alpha value is -2.93. The number of hydrogen-bond acceptors (Lipinski definition) is 3. The summed E-state index contributed by atoms with van der Waals surface area (Å²) >= 11 is 3.38. The van der Waals surface area contributed by atoms with E-state index in [2.05, 4.69) is 31.7 Å². The Bertz CT molecular complexity index is 1030. The summed E-state index contributed by atoms with van der Waals surface area (Å²) in [5, 5.41) is 10.1. The molecule has 2 amide bonds. The summed E-state index contributed by atoms with van der Waals surface area (Å²) in [6.45, 7) is 0. The van der Waals surface area contributed by atoms with Crippen LogP contribution < -0.4 is 10.6 Å². The number of anilines is 2. The Kier molecular flexibility index (Phi) is 5.25. The van der Waals surface area contributed by atoms with Gasteiger partial charge < -0.3 is 10.6 Å². The lowest BCUT2D eigenvalue weighted by atomic mass is 9.89. The molecule has 2 heterocycles. The molecule has 0 saturated heterocycles. The van der Waals surface area contributed by atoms with Crippen molar-refractivity contribution in [2.24, 2.45) is 5.92 Å². The quantitative estimate of drug-likeness (QED) is 0.627. The largest absolute Gasteiger partial charge is 0.326 e. The third-order valence-electron chi connectivity index (χ3n) is 4.81. The first kappa shape index (κ1) is 18.4. The molecular formula is C21H19BrN4O2. The van der Waals surface area contributed by atoms with Crippen molar-refractivity contribution in [3.8, 4) is 5.69 Å². The zero-order valence-corrected chi connectivity index (χ0v) is 16.6. The second kappa shape index (κ2) is 7.98. The highest BCUT2D eigenvalue weighted by Crippen LogP contribution is 2.28. The van der Waals surface area contributed by atoms with Crippen molar-refractivity contribution in [1.82, 2.24) is 9.78 Å². The molecule has 1 aromatic heterocycles. The molecule has 6 nitrogen and oxygen atoms in total. The summed E-state index contributed by atoms with van der Waals surface area (Å²) in [6, 6.07) is 15.3. The molecule has 7 heteroatoms. The maximum Gasteiger partial charge on any atom is 0.227 e. The number of fused-ring (bicyclic) bond motifs is 1. The smallest absolute Gasteiger partial charge is 0.227 e. The van der Waals surface area contributed by atoms with Crippen molar-refractivity contribution < 1.29 is 9.59 Å². The standard InChI is InChI=1S/C21H19BrN4O2/c22-16-12-23-26(13-16)19-8-4-3-7-18(19)24-20(27)10-9-15-11-14-5-1-2-6-17(14)25-21(15)28/h1-8,12-13,15H,9-11H2,(H,24,27)(H,25,28). The Morgan fingerprint density at radius 3 is 2.82 bits per heavy atom. The van der Waals surface area contributed by atoms with E-state index in [1.165, 1.54) is 0 Å². The first-order valence-corrected chi connectivity index (χ1v) is 9.87. The van der Waals surface area contributed by atoms with Crippen LogP contribution in [0.15, 0.2) is 65.4 Å². The molecule has 2 N–H and O–H groups in total. The second-order valence-corrected chi connectivity index (χ2v) is 7.67. The average molecular weight is 439 g/mol. The van der Waals surface area contributed by atoms with E-state index >= 15 is 0 Å². The van der Waals surface area contributed by atoms with Gasteiger partial charge in [-0.15, -0.1) is 0 Å². The molecule has 1 aliphatic heterocycles. The lowest BCUT2D eigenvalue weighted by molar-refractivity contribution is -0.121. The number of nitrogens with zero attached hydrogens (tertiary/aromatic N) is 2. The maximum absolute atomic E-state index is 12.5. The highest BCUT2D eigenvalue weighted by molar-refractivity contribution is 9.10. The predicted molar refractivity (Wildman–Crippen MR) is 111 cm³/mol. The molecule has 0 spiro atoms. The summed E-state index contributed by atoms with van der Waals surface area (Å²) in [5.41, 5.74) is 3.45. The average Bonchev–Trinajstić information content (AvgIpc) is 3.13. The fraction of sp³-hybridized carbons (Fsp3) is 0.190. The number of aromatic nitrogens is 2. The van der Waals surface area contributed by atoms with Crippen molar-refractivity contribution in [2.45, 2.75) is 19.3 Å². The van der Waals surface area contributed by atoms with Crippen molar-refractivity contribution in [2.75, 3.05) is 10.6 Å². The van der Waals surface area contributed by atoms with Gasteiger partial charge in [-0.05, 0) is 52.5 Å². The van der Waals surface area contributed by atoms with Crippen LogP contribution in [0.1, 0.15) is 18.4 Å². The number of amides is 2. The van der Waals surface area contributed by atoms with Crippen LogP contribution in [0.5, 0.6) is 0 Å². The van der Waals surface area contributed by atoms with Gasteiger partial charge >= 0.3 is 0 Å². The number of para-hydroxylation sites is 3. The molecule has 0 saturated carbocycles. The van der Waals surface area contributed by atoms with E-state index in [0.29, 0.717) is 18.5 Å². The van der Waals surface area contributed by atoms with Crippen LogP contribution in [0, 0.1) is 5.92 Å². The first-order valence-electron chi connectivity index (χ1n) is 9.08. The maximum atomic E-state index is 12.5. The van der Waals surface area contributed by atoms with E-state index in [1.807, 2.05) is 54.7 Å². The van der Waals surface area contributed by atoms with Crippen LogP contribution in [-0.4, -0.2) is 21.6 Å². The Balaban J connectivity index is 1.40. The molecular weight excluding hydrogens is 420 g/mol. The van der Waals surface area contributed by atoms with Gasteiger partial charge in [0.25, 0.3) is 0 Å². The molecule has 0 bridgehead atoms. The fourth-order valence-electron chi connectivity index (χ4n) is 3.38. The number of benzene rings is 2. The van der Waals surface area contributed by atoms with Crippen molar-refractivity contribution in [1.29, 1.82) is 0 Å². The lowest BCUT2D eigenvalue weighted by Crippen LogP contribution is -2.30. The first-order chi connectivity index (χ1) is 13.6. The minimum atomic E-state index is -0.196. The molecule has 0 fully saturated rings. The van der Waals surface area contributed by atoms with Gasteiger partial charge in [0, 0.05) is 24.2 Å². The summed E-state index contributed by atoms with van der Waals surface area (Å²) in [7, 11) is 0. The van der Waals surface area contributed by atoms with Crippen LogP contribution >= 0.6 is 15.9 Å². The van der Waals surface area contributed by atoms with E-state index in [-0.39, 0.29) is 24.2 Å². The molecule has 4 rings (SSSR count). The molecule has 2 aromatic carbocycles. The zero-order chi connectivity index (χ0) is 19.5. The summed E-state index contributed by atoms with van der Waals surface area (Å²) in [5.74, 6) is -0.336. The molecule has 142 valence electrons. The third kappa shape index (κ3) is 3.99. The molecule has 1 atom stereocenters. The summed E-state index contributed by atoms with van der Waals surface area (Å²) < 4.78 is 2.56. The third-order valence-corrected chi connectivity index (χ3v) is 5.22. The van der Waals surface area contributed by atoms with E-state index < -0.39 is 0 Å². The predicted octanol–water partition coefficient (Wildman–Crippen LogP) is 4.16. The number of halogens is 1. The number of hydrogen-bond donors (Lipinski definition) is 2. The second-order valence-electron chi connectivity index (χ2n) is 6.75. The van der Waals surface area contributed by atoms with Gasteiger partial charge in [-0.3, -0.25) is 9.59 Å². The van der Waals surface area contributed by atoms with Gasteiger partial charge in [-0.25, -0.2) is 4.68 Å². The topological polar surface area (TPSA) is 76.0 Å². The number of carbonyl (C=O) groups excluding carboxylic acids is 2.